The highest BCUT2D eigenvalue weighted by molar-refractivity contribution is 6.39. The molecule has 0 aromatic heterocycles. The number of halogens is 1. The SMILES string of the molecule is Cc1cc(F)cc(NC(=O)C(=O)NC(CCCO)c2ccccc2)c1. The molecule has 2 aromatic rings. The first kappa shape index (κ1) is 18.6. The van der Waals surface area contributed by atoms with E-state index < -0.39 is 17.6 Å². The molecule has 1 unspecified atom stereocenters. The molecule has 0 fully saturated rings. The van der Waals surface area contributed by atoms with E-state index in [1.165, 1.54) is 6.07 Å². The lowest BCUT2D eigenvalue weighted by molar-refractivity contribution is -0.136. The van der Waals surface area contributed by atoms with E-state index in [1.807, 2.05) is 30.3 Å². The third-order valence-corrected chi connectivity index (χ3v) is 3.66. The number of anilines is 1. The van der Waals surface area contributed by atoms with Crippen LogP contribution in [0.3, 0.4) is 0 Å². The van der Waals surface area contributed by atoms with Gasteiger partial charge >= 0.3 is 11.8 Å². The van der Waals surface area contributed by atoms with Crippen LogP contribution in [-0.4, -0.2) is 23.5 Å². The van der Waals surface area contributed by atoms with Crippen LogP contribution in [0.4, 0.5) is 10.1 Å². The summed E-state index contributed by atoms with van der Waals surface area (Å²) in [6.07, 6.45) is 0.989. The summed E-state index contributed by atoms with van der Waals surface area (Å²) in [7, 11) is 0. The normalized spacial score (nSPS) is 11.6. The topological polar surface area (TPSA) is 78.4 Å². The molecule has 3 N–H and O–H groups in total. The Bertz CT molecular complexity index is 714. The van der Waals surface area contributed by atoms with E-state index in [0.29, 0.717) is 18.4 Å². The van der Waals surface area contributed by atoms with E-state index in [0.717, 1.165) is 11.6 Å². The molecule has 0 aliphatic carbocycles. The molecule has 2 amide bonds. The molecule has 2 aromatic carbocycles. The molecule has 132 valence electrons. The average molecular weight is 344 g/mol. The second kappa shape index (κ2) is 8.94. The fourth-order valence-corrected chi connectivity index (χ4v) is 2.52. The standard InChI is InChI=1S/C19H21FN2O3/c1-13-10-15(20)12-16(11-13)21-18(24)19(25)22-17(8-5-9-23)14-6-3-2-4-7-14/h2-4,6-7,10-12,17,23H,5,8-9H2,1H3,(H,21,24)(H,22,25). The third kappa shape index (κ3) is 5.69. The van der Waals surface area contributed by atoms with Gasteiger partial charge in [-0.25, -0.2) is 4.39 Å². The van der Waals surface area contributed by atoms with Crippen molar-refractivity contribution in [2.24, 2.45) is 0 Å². The summed E-state index contributed by atoms with van der Waals surface area (Å²) < 4.78 is 13.4. The van der Waals surface area contributed by atoms with Crippen LogP contribution in [0.1, 0.15) is 30.0 Å². The Labute approximate surface area is 145 Å². The van der Waals surface area contributed by atoms with Crippen molar-refractivity contribution in [3.05, 3.63) is 65.5 Å². The number of aryl methyl sites for hydroxylation is 1. The van der Waals surface area contributed by atoms with Gasteiger partial charge in [0.2, 0.25) is 0 Å². The molecule has 0 spiro atoms. The number of rotatable bonds is 6. The zero-order chi connectivity index (χ0) is 18.2. The number of aliphatic hydroxyl groups excluding tert-OH is 1. The zero-order valence-corrected chi connectivity index (χ0v) is 14.0. The molecule has 0 saturated carbocycles. The van der Waals surface area contributed by atoms with E-state index >= 15 is 0 Å². The Morgan fingerprint density at radius 3 is 2.48 bits per heavy atom. The molecule has 6 heteroatoms. The zero-order valence-electron chi connectivity index (χ0n) is 14.0. The molecule has 1 atom stereocenters. The monoisotopic (exact) mass is 344 g/mol. The lowest BCUT2D eigenvalue weighted by atomic mass is 10.0. The lowest BCUT2D eigenvalue weighted by Gasteiger charge is -2.18. The number of nitrogens with one attached hydrogen (secondary N) is 2. The van der Waals surface area contributed by atoms with Crippen LogP contribution >= 0.6 is 0 Å². The predicted octanol–water partition coefficient (Wildman–Crippen LogP) is 2.70. The fourth-order valence-electron chi connectivity index (χ4n) is 2.52. The van der Waals surface area contributed by atoms with Gasteiger partial charge in [-0.1, -0.05) is 30.3 Å². The summed E-state index contributed by atoms with van der Waals surface area (Å²) in [6.45, 7) is 1.69. The Morgan fingerprint density at radius 1 is 1.12 bits per heavy atom. The van der Waals surface area contributed by atoms with Crippen LogP contribution in [0, 0.1) is 12.7 Å². The highest BCUT2D eigenvalue weighted by atomic mass is 19.1. The summed E-state index contributed by atoms with van der Waals surface area (Å²) in [6, 6.07) is 12.9. The molecule has 0 radical (unpaired) electrons. The van der Waals surface area contributed by atoms with Gasteiger partial charge in [0.1, 0.15) is 5.82 Å². The second-order valence-electron chi connectivity index (χ2n) is 5.77. The van der Waals surface area contributed by atoms with Crippen LogP contribution in [0.15, 0.2) is 48.5 Å². The first-order valence-corrected chi connectivity index (χ1v) is 8.04. The Kier molecular flexibility index (Phi) is 6.65. The molecular formula is C19H21FN2O3. The van der Waals surface area contributed by atoms with Crippen LogP contribution in [-0.2, 0) is 9.59 Å². The first-order valence-electron chi connectivity index (χ1n) is 8.04. The smallest absolute Gasteiger partial charge is 0.313 e. The highest BCUT2D eigenvalue weighted by Crippen LogP contribution is 2.18. The average Bonchev–Trinajstić information content (AvgIpc) is 2.58. The van der Waals surface area contributed by atoms with Gasteiger partial charge in [0.05, 0.1) is 6.04 Å². The number of benzene rings is 2. The van der Waals surface area contributed by atoms with Gasteiger partial charge in [-0.05, 0) is 49.1 Å². The van der Waals surface area contributed by atoms with Crippen LogP contribution in [0.5, 0.6) is 0 Å². The van der Waals surface area contributed by atoms with Crippen molar-refractivity contribution >= 4 is 17.5 Å². The van der Waals surface area contributed by atoms with E-state index in [2.05, 4.69) is 10.6 Å². The molecule has 0 saturated heterocycles. The first-order chi connectivity index (χ1) is 12.0. The van der Waals surface area contributed by atoms with Gasteiger partial charge in [-0.15, -0.1) is 0 Å². The van der Waals surface area contributed by atoms with Crippen molar-refractivity contribution in [2.45, 2.75) is 25.8 Å². The van der Waals surface area contributed by atoms with Gasteiger partial charge in [-0.2, -0.15) is 0 Å². The number of aliphatic hydroxyl groups is 1. The minimum atomic E-state index is -0.866. The van der Waals surface area contributed by atoms with Crippen molar-refractivity contribution in [3.63, 3.8) is 0 Å². The summed E-state index contributed by atoms with van der Waals surface area (Å²) >= 11 is 0. The summed E-state index contributed by atoms with van der Waals surface area (Å²) in [5, 5.41) is 14.1. The summed E-state index contributed by atoms with van der Waals surface area (Å²) in [5.41, 5.74) is 1.71. The maximum Gasteiger partial charge on any atom is 0.313 e. The van der Waals surface area contributed by atoms with Gasteiger partial charge in [0, 0.05) is 12.3 Å². The second-order valence-corrected chi connectivity index (χ2v) is 5.77. The molecule has 0 aliphatic rings. The van der Waals surface area contributed by atoms with Gasteiger partial charge in [-0.3, -0.25) is 9.59 Å². The fraction of sp³-hybridized carbons (Fsp3) is 0.263. The van der Waals surface area contributed by atoms with Gasteiger partial charge in [0.25, 0.3) is 0 Å². The van der Waals surface area contributed by atoms with E-state index in [4.69, 9.17) is 5.11 Å². The maximum absolute atomic E-state index is 13.4. The number of amides is 2. The molecule has 0 aliphatic heterocycles. The quantitative estimate of drug-likeness (QED) is 0.705. The minimum Gasteiger partial charge on any atom is -0.396 e. The third-order valence-electron chi connectivity index (χ3n) is 3.66. The lowest BCUT2D eigenvalue weighted by Crippen LogP contribution is -2.38. The number of hydrogen-bond acceptors (Lipinski definition) is 3. The molecule has 0 heterocycles. The van der Waals surface area contributed by atoms with E-state index in [-0.39, 0.29) is 18.3 Å². The molecule has 5 nitrogen and oxygen atoms in total. The largest absolute Gasteiger partial charge is 0.396 e. The minimum absolute atomic E-state index is 0.00598. The number of hydrogen-bond donors (Lipinski definition) is 3. The van der Waals surface area contributed by atoms with Crippen molar-refractivity contribution in [2.75, 3.05) is 11.9 Å². The van der Waals surface area contributed by atoms with Crippen molar-refractivity contribution < 1.29 is 19.1 Å². The molecular weight excluding hydrogens is 323 g/mol. The van der Waals surface area contributed by atoms with E-state index in [9.17, 15) is 14.0 Å². The van der Waals surface area contributed by atoms with Crippen LogP contribution < -0.4 is 10.6 Å². The summed E-state index contributed by atoms with van der Waals surface area (Å²) in [5.74, 6) is -2.16. The van der Waals surface area contributed by atoms with Crippen molar-refractivity contribution in [3.8, 4) is 0 Å². The molecule has 0 bridgehead atoms. The van der Waals surface area contributed by atoms with Gasteiger partial charge < -0.3 is 15.7 Å². The van der Waals surface area contributed by atoms with Crippen LogP contribution in [0.25, 0.3) is 0 Å². The summed E-state index contributed by atoms with van der Waals surface area (Å²) in [4.78, 5) is 24.3. The predicted molar refractivity (Wildman–Crippen MR) is 93.4 cm³/mol. The highest BCUT2D eigenvalue weighted by Gasteiger charge is 2.20. The Hall–Kier alpha value is -2.73. The van der Waals surface area contributed by atoms with Crippen molar-refractivity contribution in [1.82, 2.24) is 5.32 Å². The molecule has 25 heavy (non-hydrogen) atoms. The van der Waals surface area contributed by atoms with Gasteiger partial charge in [0.15, 0.2) is 0 Å². The number of carbonyl (C=O) groups is 2. The van der Waals surface area contributed by atoms with Crippen LogP contribution in [0.2, 0.25) is 0 Å². The van der Waals surface area contributed by atoms with E-state index in [1.54, 1.807) is 13.0 Å². The Balaban J connectivity index is 2.05. The maximum atomic E-state index is 13.4. The number of carbonyl (C=O) groups excluding carboxylic acids is 2. The Morgan fingerprint density at radius 2 is 1.84 bits per heavy atom. The van der Waals surface area contributed by atoms with Crippen molar-refractivity contribution in [1.29, 1.82) is 0 Å². The molecule has 2 rings (SSSR count).